The monoisotopic (exact) mass is 325 g/mol. The highest BCUT2D eigenvalue weighted by molar-refractivity contribution is 8.26. The van der Waals surface area contributed by atoms with Crippen LogP contribution in [0.2, 0.25) is 0 Å². The molecule has 0 saturated carbocycles. The number of carboxylic acids is 1. The lowest BCUT2D eigenvalue weighted by Crippen LogP contribution is -2.47. The van der Waals surface area contributed by atoms with Gasteiger partial charge in [0, 0.05) is 6.08 Å². The van der Waals surface area contributed by atoms with E-state index in [0.717, 1.165) is 17.5 Å². The highest BCUT2D eigenvalue weighted by Crippen LogP contribution is 2.35. The summed E-state index contributed by atoms with van der Waals surface area (Å²) in [7, 11) is 0. The molecular formula is C14H15NO4S2. The molecule has 7 heteroatoms. The first-order chi connectivity index (χ1) is 9.81. The lowest BCUT2D eigenvalue weighted by atomic mass is 10.0. The van der Waals surface area contributed by atoms with Gasteiger partial charge in [0.25, 0.3) is 5.91 Å². The van der Waals surface area contributed by atoms with E-state index in [4.69, 9.17) is 16.6 Å². The molecule has 2 rings (SSSR count). The van der Waals surface area contributed by atoms with E-state index >= 15 is 0 Å². The van der Waals surface area contributed by atoms with E-state index in [2.05, 4.69) is 0 Å². The molecule has 21 heavy (non-hydrogen) atoms. The Morgan fingerprint density at radius 3 is 2.62 bits per heavy atom. The Balaban J connectivity index is 2.32. The van der Waals surface area contributed by atoms with Gasteiger partial charge in [0.15, 0.2) is 0 Å². The van der Waals surface area contributed by atoms with Gasteiger partial charge < -0.3 is 9.52 Å². The van der Waals surface area contributed by atoms with Crippen molar-refractivity contribution in [2.24, 2.45) is 5.92 Å². The molecule has 1 unspecified atom stereocenters. The van der Waals surface area contributed by atoms with Crippen LogP contribution in [-0.2, 0) is 9.59 Å². The number of thioether (sulfide) groups is 1. The number of hydrogen-bond acceptors (Lipinski definition) is 5. The van der Waals surface area contributed by atoms with Crippen LogP contribution in [0.3, 0.4) is 0 Å². The van der Waals surface area contributed by atoms with Crippen molar-refractivity contribution in [3.05, 3.63) is 28.6 Å². The van der Waals surface area contributed by atoms with Crippen molar-refractivity contribution in [3.8, 4) is 0 Å². The van der Waals surface area contributed by atoms with Crippen molar-refractivity contribution in [3.63, 3.8) is 0 Å². The zero-order valence-corrected chi connectivity index (χ0v) is 13.5. The first-order valence-electron chi connectivity index (χ1n) is 6.37. The number of thiocarbonyl (C=S) groups is 1. The highest BCUT2D eigenvalue weighted by atomic mass is 32.2. The van der Waals surface area contributed by atoms with Crippen LogP contribution in [0, 0.1) is 12.8 Å². The third-order valence-electron chi connectivity index (χ3n) is 3.02. The summed E-state index contributed by atoms with van der Waals surface area (Å²) in [6.45, 7) is 5.30. The average molecular weight is 325 g/mol. The molecule has 1 aromatic heterocycles. The summed E-state index contributed by atoms with van der Waals surface area (Å²) in [5.74, 6) is -0.404. The van der Waals surface area contributed by atoms with Gasteiger partial charge in [-0.25, -0.2) is 4.79 Å². The average Bonchev–Trinajstić information content (AvgIpc) is 2.88. The number of furan rings is 1. The Morgan fingerprint density at radius 2 is 2.14 bits per heavy atom. The normalized spacial score (nSPS) is 18.9. The van der Waals surface area contributed by atoms with Gasteiger partial charge in [-0.3, -0.25) is 9.69 Å². The summed E-state index contributed by atoms with van der Waals surface area (Å²) in [6, 6.07) is 2.58. The lowest BCUT2D eigenvalue weighted by molar-refractivity contribution is -0.146. The van der Waals surface area contributed by atoms with Crippen molar-refractivity contribution < 1.29 is 19.1 Å². The predicted molar refractivity (Wildman–Crippen MR) is 84.7 cm³/mol. The van der Waals surface area contributed by atoms with Gasteiger partial charge in [-0.1, -0.05) is 37.8 Å². The molecule has 0 aliphatic carbocycles. The van der Waals surface area contributed by atoms with Crippen LogP contribution in [0.1, 0.15) is 25.4 Å². The minimum Gasteiger partial charge on any atom is -0.480 e. The third kappa shape index (κ3) is 3.19. The SMILES string of the molecule is Cc1ccc(/C=C2/SC(=S)N(C(C(=O)O)C(C)C)C2=O)o1. The number of nitrogens with zero attached hydrogens (tertiary/aromatic N) is 1. The topological polar surface area (TPSA) is 70.8 Å². The van der Waals surface area contributed by atoms with Crippen LogP contribution in [0.25, 0.3) is 6.08 Å². The number of carbonyl (C=O) groups excluding carboxylic acids is 1. The molecule has 1 aromatic rings. The number of aryl methyl sites for hydroxylation is 1. The molecule has 1 aliphatic rings. The Bertz CT molecular complexity index is 633. The molecule has 1 fully saturated rings. The zero-order valence-electron chi connectivity index (χ0n) is 11.8. The standard InChI is InChI=1S/C14H15NO4S2/c1-7(2)11(13(17)18)15-12(16)10(21-14(15)20)6-9-5-4-8(3)19-9/h4-7,11H,1-3H3,(H,17,18)/b10-6+. The van der Waals surface area contributed by atoms with Crippen molar-refractivity contribution >= 4 is 46.3 Å². The second-order valence-corrected chi connectivity index (χ2v) is 6.70. The molecular weight excluding hydrogens is 310 g/mol. The van der Waals surface area contributed by atoms with Crippen molar-refractivity contribution in [2.75, 3.05) is 0 Å². The van der Waals surface area contributed by atoms with E-state index in [0.29, 0.717) is 10.7 Å². The molecule has 1 aliphatic heterocycles. The van der Waals surface area contributed by atoms with E-state index < -0.39 is 12.0 Å². The van der Waals surface area contributed by atoms with Gasteiger partial charge in [0.1, 0.15) is 21.9 Å². The van der Waals surface area contributed by atoms with Crippen LogP contribution in [0.15, 0.2) is 21.5 Å². The first-order valence-corrected chi connectivity index (χ1v) is 7.60. The molecule has 5 nitrogen and oxygen atoms in total. The number of hydrogen-bond donors (Lipinski definition) is 1. The molecule has 1 atom stereocenters. The van der Waals surface area contributed by atoms with Crippen LogP contribution in [0.4, 0.5) is 0 Å². The van der Waals surface area contributed by atoms with Crippen molar-refractivity contribution in [1.29, 1.82) is 0 Å². The number of amides is 1. The number of carboxylic acid groups (broad SMARTS) is 1. The van der Waals surface area contributed by atoms with Gasteiger partial charge >= 0.3 is 5.97 Å². The largest absolute Gasteiger partial charge is 0.480 e. The molecule has 112 valence electrons. The smallest absolute Gasteiger partial charge is 0.327 e. The van der Waals surface area contributed by atoms with Crippen LogP contribution < -0.4 is 0 Å². The number of aliphatic carboxylic acids is 1. The van der Waals surface area contributed by atoms with E-state index in [1.807, 2.05) is 6.92 Å². The second kappa shape index (κ2) is 6.03. The molecule has 0 aromatic carbocycles. The third-order valence-corrected chi connectivity index (χ3v) is 4.35. The molecule has 1 saturated heterocycles. The summed E-state index contributed by atoms with van der Waals surface area (Å²) in [5.41, 5.74) is 0. The maximum absolute atomic E-state index is 12.4. The second-order valence-electron chi connectivity index (χ2n) is 5.03. The summed E-state index contributed by atoms with van der Waals surface area (Å²) in [5, 5.41) is 9.32. The maximum Gasteiger partial charge on any atom is 0.327 e. The predicted octanol–water partition coefficient (Wildman–Crippen LogP) is 2.90. The van der Waals surface area contributed by atoms with E-state index in [-0.39, 0.29) is 16.1 Å². The van der Waals surface area contributed by atoms with Gasteiger partial charge in [-0.2, -0.15) is 0 Å². The molecule has 0 bridgehead atoms. The Hall–Kier alpha value is -1.60. The molecule has 1 amide bonds. The van der Waals surface area contributed by atoms with Gasteiger partial charge in [-0.15, -0.1) is 0 Å². The summed E-state index contributed by atoms with van der Waals surface area (Å²) >= 11 is 6.26. The fourth-order valence-corrected chi connectivity index (χ4v) is 3.38. The molecule has 1 N–H and O–H groups in total. The fourth-order valence-electron chi connectivity index (χ4n) is 2.07. The van der Waals surface area contributed by atoms with Crippen LogP contribution >= 0.6 is 24.0 Å². The first kappa shape index (κ1) is 15.8. The zero-order chi connectivity index (χ0) is 15.7. The Morgan fingerprint density at radius 1 is 1.48 bits per heavy atom. The summed E-state index contributed by atoms with van der Waals surface area (Å²) < 4.78 is 5.66. The van der Waals surface area contributed by atoms with Gasteiger partial charge in [-0.05, 0) is 25.0 Å². The summed E-state index contributed by atoms with van der Waals surface area (Å²) in [4.78, 5) is 25.4. The summed E-state index contributed by atoms with van der Waals surface area (Å²) in [6.07, 6.45) is 1.59. The van der Waals surface area contributed by atoms with Crippen molar-refractivity contribution in [2.45, 2.75) is 26.8 Å². The van der Waals surface area contributed by atoms with Crippen molar-refractivity contribution in [1.82, 2.24) is 4.90 Å². The van der Waals surface area contributed by atoms with Gasteiger partial charge in [0.05, 0.1) is 4.91 Å². The Labute approximate surface area is 132 Å². The van der Waals surface area contributed by atoms with Crippen LogP contribution in [-0.4, -0.2) is 32.2 Å². The van der Waals surface area contributed by atoms with Crippen LogP contribution in [0.5, 0.6) is 0 Å². The minimum absolute atomic E-state index is 0.241. The maximum atomic E-state index is 12.4. The Kier molecular flexibility index (Phi) is 4.53. The van der Waals surface area contributed by atoms with E-state index in [1.165, 1.54) is 4.90 Å². The molecule has 2 heterocycles. The number of carbonyl (C=O) groups is 2. The fraction of sp³-hybridized carbons (Fsp3) is 0.357. The number of rotatable bonds is 4. The minimum atomic E-state index is -1.06. The van der Waals surface area contributed by atoms with Gasteiger partial charge in [0.2, 0.25) is 0 Å². The highest BCUT2D eigenvalue weighted by Gasteiger charge is 2.41. The quantitative estimate of drug-likeness (QED) is 0.678. The van der Waals surface area contributed by atoms with E-state index in [9.17, 15) is 14.7 Å². The van der Waals surface area contributed by atoms with E-state index in [1.54, 1.807) is 32.1 Å². The molecule has 0 spiro atoms. The lowest BCUT2D eigenvalue weighted by Gasteiger charge is -2.26. The molecule has 0 radical (unpaired) electrons.